The molecule has 0 aliphatic heterocycles. The Labute approximate surface area is 165 Å². The van der Waals surface area contributed by atoms with Gasteiger partial charge < -0.3 is 15.7 Å². The number of hydrogen-bond acceptors (Lipinski definition) is 5. The van der Waals surface area contributed by atoms with Gasteiger partial charge in [-0.25, -0.2) is 0 Å². The maximum Gasteiger partial charge on any atom is 0.313 e. The highest BCUT2D eigenvalue weighted by Gasteiger charge is 2.17. The van der Waals surface area contributed by atoms with Crippen LogP contribution in [0.25, 0.3) is 0 Å². The molecule has 1 unspecified atom stereocenters. The van der Waals surface area contributed by atoms with Crippen molar-refractivity contribution in [2.24, 2.45) is 0 Å². The van der Waals surface area contributed by atoms with Crippen LogP contribution in [0.2, 0.25) is 0 Å². The van der Waals surface area contributed by atoms with Crippen molar-refractivity contribution in [3.8, 4) is 0 Å². The smallest absolute Gasteiger partial charge is 0.313 e. The molecule has 2 aromatic heterocycles. The third kappa shape index (κ3) is 4.82. The van der Waals surface area contributed by atoms with Crippen molar-refractivity contribution < 1.29 is 14.7 Å². The molecule has 5 nitrogen and oxygen atoms in total. The first-order chi connectivity index (χ1) is 13.1. The van der Waals surface area contributed by atoms with E-state index in [1.807, 2.05) is 54.8 Å². The molecule has 7 heteroatoms. The van der Waals surface area contributed by atoms with E-state index in [9.17, 15) is 14.7 Å². The highest BCUT2D eigenvalue weighted by molar-refractivity contribution is 7.12. The zero-order chi connectivity index (χ0) is 19.2. The van der Waals surface area contributed by atoms with E-state index >= 15 is 0 Å². The Bertz CT molecular complexity index is 919. The molecule has 0 radical (unpaired) electrons. The summed E-state index contributed by atoms with van der Waals surface area (Å²) < 4.78 is 0. The number of aliphatic hydroxyl groups excluding tert-OH is 1. The van der Waals surface area contributed by atoms with Crippen molar-refractivity contribution in [1.82, 2.24) is 5.32 Å². The van der Waals surface area contributed by atoms with Crippen molar-refractivity contribution in [2.75, 3.05) is 5.32 Å². The van der Waals surface area contributed by atoms with Crippen LogP contribution in [0.15, 0.2) is 53.9 Å². The van der Waals surface area contributed by atoms with Gasteiger partial charge in [0.05, 0.1) is 6.54 Å². The van der Waals surface area contributed by atoms with Crippen molar-refractivity contribution in [1.29, 1.82) is 0 Å². The second kappa shape index (κ2) is 8.94. The van der Waals surface area contributed by atoms with Gasteiger partial charge in [0.1, 0.15) is 6.10 Å². The Balaban J connectivity index is 1.55. The fourth-order valence-corrected chi connectivity index (χ4v) is 4.36. The summed E-state index contributed by atoms with van der Waals surface area (Å²) in [5, 5.41) is 17.5. The van der Waals surface area contributed by atoms with Crippen LogP contribution in [0, 0.1) is 0 Å². The van der Waals surface area contributed by atoms with Crippen molar-refractivity contribution in [3.63, 3.8) is 0 Å². The van der Waals surface area contributed by atoms with Crippen molar-refractivity contribution >= 4 is 40.2 Å². The van der Waals surface area contributed by atoms with Crippen LogP contribution in [0.4, 0.5) is 5.69 Å². The molecule has 1 aromatic carbocycles. The molecule has 0 aliphatic rings. The largest absolute Gasteiger partial charge is 0.382 e. The Morgan fingerprint density at radius 2 is 1.85 bits per heavy atom. The third-order valence-corrected chi connectivity index (χ3v) is 6.10. The minimum absolute atomic E-state index is 0.240. The van der Waals surface area contributed by atoms with Gasteiger partial charge in [-0.05, 0) is 41.6 Å². The van der Waals surface area contributed by atoms with Crippen LogP contribution >= 0.6 is 22.7 Å². The summed E-state index contributed by atoms with van der Waals surface area (Å²) in [6, 6.07) is 14.9. The molecule has 2 heterocycles. The summed E-state index contributed by atoms with van der Waals surface area (Å²) in [6.07, 6.45) is 0.107. The Morgan fingerprint density at radius 1 is 1.04 bits per heavy atom. The minimum Gasteiger partial charge on any atom is -0.382 e. The number of carbonyl (C=O) groups excluding carboxylic acids is 2. The SMILES string of the molecule is CCc1ccccc1NC(=O)C(=O)NCc1ccc(C(O)c2cccs2)s1. The highest BCUT2D eigenvalue weighted by atomic mass is 32.1. The second-order valence-electron chi connectivity index (χ2n) is 5.87. The number of thiophene rings is 2. The van der Waals surface area contributed by atoms with E-state index < -0.39 is 17.9 Å². The number of para-hydroxylation sites is 1. The van der Waals surface area contributed by atoms with Gasteiger partial charge in [0.15, 0.2) is 0 Å². The van der Waals surface area contributed by atoms with E-state index in [4.69, 9.17) is 0 Å². The zero-order valence-corrected chi connectivity index (χ0v) is 16.4. The molecule has 2 amide bonds. The maximum absolute atomic E-state index is 12.1. The minimum atomic E-state index is -0.689. The number of nitrogens with one attached hydrogen (secondary N) is 2. The maximum atomic E-state index is 12.1. The van der Waals surface area contributed by atoms with Gasteiger partial charge in [0.25, 0.3) is 0 Å². The van der Waals surface area contributed by atoms with Crippen LogP contribution in [-0.4, -0.2) is 16.9 Å². The predicted molar refractivity (Wildman–Crippen MR) is 109 cm³/mol. The lowest BCUT2D eigenvalue weighted by molar-refractivity contribution is -0.136. The second-order valence-corrected chi connectivity index (χ2v) is 8.05. The first kappa shape index (κ1) is 19.3. The lowest BCUT2D eigenvalue weighted by Gasteiger charge is -2.09. The topological polar surface area (TPSA) is 78.4 Å². The van der Waals surface area contributed by atoms with Crippen LogP contribution in [-0.2, 0) is 22.6 Å². The van der Waals surface area contributed by atoms with Gasteiger partial charge in [-0.15, -0.1) is 22.7 Å². The van der Waals surface area contributed by atoms with Gasteiger partial charge >= 0.3 is 11.8 Å². The molecule has 0 bridgehead atoms. The zero-order valence-electron chi connectivity index (χ0n) is 14.8. The van der Waals surface area contributed by atoms with Gasteiger partial charge in [0.2, 0.25) is 0 Å². The normalized spacial score (nSPS) is 11.8. The molecule has 3 rings (SSSR count). The van der Waals surface area contributed by atoms with Gasteiger partial charge in [0, 0.05) is 20.3 Å². The summed E-state index contributed by atoms with van der Waals surface area (Å²) in [5.41, 5.74) is 1.63. The standard InChI is InChI=1S/C20H20N2O3S2/c1-2-13-6-3-4-7-15(13)22-20(25)19(24)21-12-14-9-10-17(27-14)18(23)16-8-5-11-26-16/h3-11,18,23H,2,12H2,1H3,(H,21,24)(H,22,25). The predicted octanol–water partition coefficient (Wildman–Crippen LogP) is 3.71. The number of anilines is 1. The van der Waals surface area contributed by atoms with Gasteiger partial charge in [-0.2, -0.15) is 0 Å². The van der Waals surface area contributed by atoms with Crippen LogP contribution < -0.4 is 10.6 Å². The van der Waals surface area contributed by atoms with E-state index in [-0.39, 0.29) is 6.54 Å². The Hall–Kier alpha value is -2.48. The summed E-state index contributed by atoms with van der Waals surface area (Å²) in [5.74, 6) is -1.37. The van der Waals surface area contributed by atoms with Gasteiger partial charge in [-0.3, -0.25) is 9.59 Å². The summed E-state index contributed by atoms with van der Waals surface area (Å²) in [7, 11) is 0. The molecule has 0 fully saturated rings. The molecule has 0 saturated carbocycles. The van der Waals surface area contributed by atoms with Crippen LogP contribution in [0.3, 0.4) is 0 Å². The van der Waals surface area contributed by atoms with E-state index in [1.165, 1.54) is 22.7 Å². The first-order valence-electron chi connectivity index (χ1n) is 8.55. The quantitative estimate of drug-likeness (QED) is 0.552. The monoisotopic (exact) mass is 400 g/mol. The van der Waals surface area contributed by atoms with Crippen molar-refractivity contribution in [2.45, 2.75) is 26.0 Å². The molecular formula is C20H20N2O3S2. The average molecular weight is 401 g/mol. The average Bonchev–Trinajstić information content (AvgIpc) is 3.38. The third-order valence-electron chi connectivity index (χ3n) is 4.04. The number of benzene rings is 1. The van der Waals surface area contributed by atoms with E-state index in [0.717, 1.165) is 26.6 Å². The van der Waals surface area contributed by atoms with Crippen LogP contribution in [0.5, 0.6) is 0 Å². The number of rotatable bonds is 6. The fourth-order valence-electron chi connectivity index (χ4n) is 2.60. The first-order valence-corrected chi connectivity index (χ1v) is 10.2. The number of amides is 2. The number of carbonyl (C=O) groups is 2. The fraction of sp³-hybridized carbons (Fsp3) is 0.200. The molecule has 3 aromatic rings. The molecule has 140 valence electrons. The summed E-state index contributed by atoms with van der Waals surface area (Å²) >= 11 is 2.91. The number of aliphatic hydroxyl groups is 1. The summed E-state index contributed by atoms with van der Waals surface area (Å²) in [4.78, 5) is 26.7. The molecule has 3 N–H and O–H groups in total. The molecule has 0 saturated heterocycles. The molecule has 1 atom stereocenters. The van der Waals surface area contributed by atoms with E-state index in [2.05, 4.69) is 10.6 Å². The van der Waals surface area contributed by atoms with E-state index in [0.29, 0.717) is 5.69 Å². The lowest BCUT2D eigenvalue weighted by atomic mass is 10.1. The lowest BCUT2D eigenvalue weighted by Crippen LogP contribution is -2.35. The summed E-state index contributed by atoms with van der Waals surface area (Å²) in [6.45, 7) is 2.23. The van der Waals surface area contributed by atoms with Crippen molar-refractivity contribution in [3.05, 3.63) is 74.1 Å². The molecule has 0 aliphatic carbocycles. The molecule has 0 spiro atoms. The van der Waals surface area contributed by atoms with Crippen LogP contribution in [0.1, 0.15) is 33.2 Å². The molecule has 27 heavy (non-hydrogen) atoms. The highest BCUT2D eigenvalue weighted by Crippen LogP contribution is 2.30. The number of aryl methyl sites for hydroxylation is 1. The van der Waals surface area contributed by atoms with E-state index in [1.54, 1.807) is 6.07 Å². The molecular weight excluding hydrogens is 380 g/mol. The Kier molecular flexibility index (Phi) is 6.39. The number of hydrogen-bond donors (Lipinski definition) is 3. The van der Waals surface area contributed by atoms with Gasteiger partial charge in [-0.1, -0.05) is 31.2 Å². The Morgan fingerprint density at radius 3 is 2.59 bits per heavy atom.